The minimum Gasteiger partial charge on any atom is -0.313 e. The highest BCUT2D eigenvalue weighted by Crippen LogP contribution is 2.23. The summed E-state index contributed by atoms with van der Waals surface area (Å²) in [5, 5.41) is 0.761. The number of alkyl halides is 1. The minimum absolute atomic E-state index is 0.392. The molecule has 0 atom stereocenters. The van der Waals surface area contributed by atoms with Gasteiger partial charge in [0.05, 0.1) is 0 Å². The average Bonchev–Trinajstić information content (AvgIpc) is 3.02. The number of aromatic amines is 1. The van der Waals surface area contributed by atoms with E-state index >= 15 is 0 Å². The molecule has 138 valence electrons. The molecule has 2 aromatic heterocycles. The topological polar surface area (TPSA) is 72.7 Å². The van der Waals surface area contributed by atoms with Crippen molar-refractivity contribution in [1.82, 2.24) is 19.1 Å². The third-order valence-corrected chi connectivity index (χ3v) is 5.53. The van der Waals surface area contributed by atoms with E-state index in [2.05, 4.69) is 22.1 Å². The number of nitrogens with zero attached hydrogens (tertiary/aromatic N) is 3. The maximum Gasteiger partial charge on any atom is 0.329 e. The number of unbranched alkanes of at least 4 members (excludes halogenated alkanes) is 1. The van der Waals surface area contributed by atoms with Crippen LogP contribution in [0, 0.1) is 0 Å². The number of nitrogens with one attached hydrogen (secondary N) is 1. The second-order valence-electron chi connectivity index (χ2n) is 6.02. The number of aromatic nitrogens is 4. The van der Waals surface area contributed by atoms with E-state index in [1.807, 2.05) is 22.8 Å². The van der Waals surface area contributed by atoms with Crippen LogP contribution < -0.4 is 11.2 Å². The largest absolute Gasteiger partial charge is 0.329 e. The van der Waals surface area contributed by atoms with Crippen LogP contribution in [0.5, 0.6) is 0 Å². The quantitative estimate of drug-likeness (QED) is 0.363. The van der Waals surface area contributed by atoms with Gasteiger partial charge in [-0.25, -0.2) is 9.78 Å². The van der Waals surface area contributed by atoms with Gasteiger partial charge in [0, 0.05) is 25.2 Å². The lowest BCUT2D eigenvalue weighted by atomic mass is 10.1. The molecule has 0 fully saturated rings. The maximum atomic E-state index is 12.4. The van der Waals surface area contributed by atoms with Crippen molar-refractivity contribution >= 4 is 34.5 Å². The molecule has 1 aromatic carbocycles. The molecule has 3 aromatic rings. The SMILES string of the molecule is Cn1c(=O)[nH]c(=O)c2c1nc(SCCCCCl)n2CCc1ccccc1. The van der Waals surface area contributed by atoms with Gasteiger partial charge in [-0.15, -0.1) is 11.6 Å². The molecule has 1 N–H and O–H groups in total. The van der Waals surface area contributed by atoms with Crippen LogP contribution in [0.3, 0.4) is 0 Å². The summed E-state index contributed by atoms with van der Waals surface area (Å²) in [4.78, 5) is 31.3. The Labute approximate surface area is 160 Å². The molecule has 6 nitrogen and oxygen atoms in total. The summed E-state index contributed by atoms with van der Waals surface area (Å²) in [6.45, 7) is 0.625. The number of hydrogen-bond acceptors (Lipinski definition) is 4. The Balaban J connectivity index is 1.97. The summed E-state index contributed by atoms with van der Waals surface area (Å²) < 4.78 is 3.31. The third kappa shape index (κ3) is 4.04. The molecule has 0 unspecified atom stereocenters. The number of imidazole rings is 1. The van der Waals surface area contributed by atoms with Crippen molar-refractivity contribution in [1.29, 1.82) is 0 Å². The van der Waals surface area contributed by atoms with E-state index in [0.29, 0.717) is 23.6 Å². The van der Waals surface area contributed by atoms with Gasteiger partial charge in [-0.1, -0.05) is 42.1 Å². The van der Waals surface area contributed by atoms with Gasteiger partial charge >= 0.3 is 5.69 Å². The highest BCUT2D eigenvalue weighted by Gasteiger charge is 2.17. The van der Waals surface area contributed by atoms with Crippen LogP contribution in [-0.4, -0.2) is 30.7 Å². The lowest BCUT2D eigenvalue weighted by Gasteiger charge is -2.08. The maximum absolute atomic E-state index is 12.4. The molecular formula is C18H21ClN4O2S. The lowest BCUT2D eigenvalue weighted by Crippen LogP contribution is -2.29. The van der Waals surface area contributed by atoms with E-state index < -0.39 is 11.2 Å². The Kier molecular flexibility index (Phi) is 6.21. The molecule has 0 aliphatic carbocycles. The fraction of sp³-hybridized carbons (Fsp3) is 0.389. The molecule has 0 saturated heterocycles. The van der Waals surface area contributed by atoms with E-state index in [-0.39, 0.29) is 0 Å². The number of hydrogen-bond donors (Lipinski definition) is 1. The Morgan fingerprint density at radius 1 is 1.19 bits per heavy atom. The van der Waals surface area contributed by atoms with E-state index in [4.69, 9.17) is 11.6 Å². The number of thioether (sulfide) groups is 1. The first kappa shape index (κ1) is 18.8. The summed E-state index contributed by atoms with van der Waals surface area (Å²) in [6, 6.07) is 10.1. The molecule has 0 aliphatic rings. The molecule has 2 heterocycles. The van der Waals surface area contributed by atoms with Crippen molar-refractivity contribution in [3.63, 3.8) is 0 Å². The van der Waals surface area contributed by atoms with Gasteiger partial charge in [0.1, 0.15) is 0 Å². The third-order valence-electron chi connectivity index (χ3n) is 4.20. The van der Waals surface area contributed by atoms with Crippen LogP contribution in [0.1, 0.15) is 18.4 Å². The predicted molar refractivity (Wildman–Crippen MR) is 106 cm³/mol. The molecule has 8 heteroatoms. The van der Waals surface area contributed by atoms with E-state index in [0.717, 1.165) is 30.2 Å². The van der Waals surface area contributed by atoms with Crippen molar-refractivity contribution < 1.29 is 0 Å². The van der Waals surface area contributed by atoms with Crippen LogP contribution in [0.25, 0.3) is 11.2 Å². The Hall–Kier alpha value is -1.99. The minimum atomic E-state index is -0.450. The normalized spacial score (nSPS) is 11.3. The van der Waals surface area contributed by atoms with E-state index in [1.54, 1.807) is 18.8 Å². The molecule has 0 bridgehead atoms. The van der Waals surface area contributed by atoms with Crippen LogP contribution >= 0.6 is 23.4 Å². The average molecular weight is 393 g/mol. The van der Waals surface area contributed by atoms with Crippen LogP contribution in [0.15, 0.2) is 45.1 Å². The number of halogens is 1. The van der Waals surface area contributed by atoms with Crippen LogP contribution in [0.2, 0.25) is 0 Å². The zero-order valence-corrected chi connectivity index (χ0v) is 16.1. The second-order valence-corrected chi connectivity index (χ2v) is 7.46. The Morgan fingerprint density at radius 2 is 1.96 bits per heavy atom. The molecule has 26 heavy (non-hydrogen) atoms. The first-order valence-corrected chi connectivity index (χ1v) is 10.1. The standard InChI is InChI=1S/C18H21ClN4O2S/c1-22-15-14(16(24)21-17(22)25)23(11-9-13-7-3-2-4-8-13)18(20-15)26-12-6-5-10-19/h2-4,7-8H,5-6,9-12H2,1H3,(H,21,24,25). The highest BCUT2D eigenvalue weighted by molar-refractivity contribution is 7.99. The van der Waals surface area contributed by atoms with Gasteiger partial charge in [0.25, 0.3) is 5.56 Å². The predicted octanol–water partition coefficient (Wildman–Crippen LogP) is 2.78. The van der Waals surface area contributed by atoms with Gasteiger partial charge < -0.3 is 4.57 Å². The van der Waals surface area contributed by atoms with Gasteiger partial charge in [-0.2, -0.15) is 0 Å². The summed E-state index contributed by atoms with van der Waals surface area (Å²) in [6.07, 6.45) is 2.70. The molecule has 0 radical (unpaired) electrons. The van der Waals surface area contributed by atoms with Crippen LogP contribution in [-0.2, 0) is 20.0 Å². The molecule has 0 spiro atoms. The summed E-state index contributed by atoms with van der Waals surface area (Å²) in [7, 11) is 1.62. The van der Waals surface area contributed by atoms with Crippen molar-refractivity contribution in [2.24, 2.45) is 7.05 Å². The molecule has 0 saturated carbocycles. The van der Waals surface area contributed by atoms with Crippen molar-refractivity contribution in [3.05, 3.63) is 56.7 Å². The Morgan fingerprint density at radius 3 is 2.69 bits per heavy atom. The number of aryl methyl sites for hydroxylation is 3. The highest BCUT2D eigenvalue weighted by atomic mass is 35.5. The summed E-state index contributed by atoms with van der Waals surface area (Å²) in [5.41, 5.74) is 1.22. The zero-order valence-electron chi connectivity index (χ0n) is 14.6. The van der Waals surface area contributed by atoms with E-state index in [1.165, 1.54) is 10.1 Å². The number of H-pyrrole nitrogens is 1. The number of fused-ring (bicyclic) bond motifs is 1. The first-order valence-electron chi connectivity index (χ1n) is 8.54. The van der Waals surface area contributed by atoms with E-state index in [9.17, 15) is 9.59 Å². The Bertz CT molecular complexity index is 994. The lowest BCUT2D eigenvalue weighted by molar-refractivity contribution is 0.649. The number of rotatable bonds is 8. The molecule has 0 aliphatic heterocycles. The molecule has 3 rings (SSSR count). The van der Waals surface area contributed by atoms with Gasteiger partial charge in [0.2, 0.25) is 0 Å². The van der Waals surface area contributed by atoms with Crippen LogP contribution in [0.4, 0.5) is 0 Å². The summed E-state index contributed by atoms with van der Waals surface area (Å²) >= 11 is 7.34. The van der Waals surface area contributed by atoms with Gasteiger partial charge in [0.15, 0.2) is 16.3 Å². The van der Waals surface area contributed by atoms with Crippen molar-refractivity contribution in [2.45, 2.75) is 31.0 Å². The zero-order chi connectivity index (χ0) is 18.5. The fourth-order valence-electron chi connectivity index (χ4n) is 2.78. The second kappa shape index (κ2) is 8.60. The monoisotopic (exact) mass is 392 g/mol. The number of benzene rings is 1. The van der Waals surface area contributed by atoms with Crippen molar-refractivity contribution in [2.75, 3.05) is 11.6 Å². The van der Waals surface area contributed by atoms with Crippen molar-refractivity contribution in [3.8, 4) is 0 Å². The van der Waals surface area contributed by atoms with Gasteiger partial charge in [-0.3, -0.25) is 14.3 Å². The van der Waals surface area contributed by atoms with Gasteiger partial charge in [-0.05, 0) is 24.8 Å². The first-order chi connectivity index (χ1) is 12.6. The fourth-order valence-corrected chi connectivity index (χ4v) is 3.99. The summed E-state index contributed by atoms with van der Waals surface area (Å²) in [5.74, 6) is 1.51. The molecule has 0 amide bonds. The smallest absolute Gasteiger partial charge is 0.313 e. The molecular weight excluding hydrogens is 372 g/mol.